The summed E-state index contributed by atoms with van der Waals surface area (Å²) in [5, 5.41) is 14.7. The van der Waals surface area contributed by atoms with Crippen LogP contribution in [0.15, 0.2) is 28.1 Å². The summed E-state index contributed by atoms with van der Waals surface area (Å²) in [6.45, 7) is 1.09. The van der Waals surface area contributed by atoms with Crippen molar-refractivity contribution >= 4 is 40.5 Å². The van der Waals surface area contributed by atoms with Crippen LogP contribution in [0.25, 0.3) is 21.7 Å². The van der Waals surface area contributed by atoms with Gasteiger partial charge < -0.3 is 19.7 Å². The van der Waals surface area contributed by atoms with E-state index in [1.807, 2.05) is 10.3 Å². The van der Waals surface area contributed by atoms with Gasteiger partial charge in [-0.15, -0.1) is 11.3 Å². The number of anilines is 1. The van der Waals surface area contributed by atoms with Gasteiger partial charge >= 0.3 is 6.09 Å². The van der Waals surface area contributed by atoms with Crippen LogP contribution >= 0.6 is 11.3 Å². The van der Waals surface area contributed by atoms with Gasteiger partial charge in [-0.05, 0) is 25.0 Å². The van der Waals surface area contributed by atoms with E-state index in [1.54, 1.807) is 30.3 Å². The van der Waals surface area contributed by atoms with Crippen LogP contribution in [-0.2, 0) is 0 Å². The summed E-state index contributed by atoms with van der Waals surface area (Å²) in [7, 11) is 1.58. The average Bonchev–Trinajstić information content (AvgIpc) is 3.44. The minimum absolute atomic E-state index is 0.0545. The molecule has 2 aromatic heterocycles. The van der Waals surface area contributed by atoms with Gasteiger partial charge in [0.25, 0.3) is 11.9 Å². The summed E-state index contributed by atoms with van der Waals surface area (Å²) in [5.41, 5.74) is 2.37. The van der Waals surface area contributed by atoms with E-state index in [1.165, 1.54) is 11.3 Å². The van der Waals surface area contributed by atoms with Crippen molar-refractivity contribution in [2.75, 3.05) is 25.0 Å². The Kier molecular flexibility index (Phi) is 4.16. The number of hydrogen-bond acceptors (Lipinski definition) is 7. The topological polar surface area (TPSA) is 112 Å². The second-order valence-electron chi connectivity index (χ2n) is 7.26. The molecular weight excluding hydrogens is 394 g/mol. The molecule has 2 saturated heterocycles. The number of benzene rings is 1. The minimum atomic E-state index is -0.865. The first kappa shape index (κ1) is 17.9. The molecule has 29 heavy (non-hydrogen) atoms. The van der Waals surface area contributed by atoms with Gasteiger partial charge in [-0.1, -0.05) is 0 Å². The Morgan fingerprint density at radius 3 is 2.66 bits per heavy atom. The van der Waals surface area contributed by atoms with E-state index >= 15 is 0 Å². The van der Waals surface area contributed by atoms with Crippen molar-refractivity contribution in [3.05, 3.63) is 29.3 Å². The molecule has 2 unspecified atom stereocenters. The molecule has 0 aliphatic carbocycles. The summed E-state index contributed by atoms with van der Waals surface area (Å²) in [6, 6.07) is 3.82. The Labute approximate surface area is 170 Å². The Morgan fingerprint density at radius 2 is 2.03 bits per heavy atom. The number of piperazine rings is 1. The number of carboxylic acid groups (broad SMARTS) is 1. The van der Waals surface area contributed by atoms with Crippen molar-refractivity contribution in [2.24, 2.45) is 0 Å². The number of amides is 2. The third-order valence-electron chi connectivity index (χ3n) is 5.60. The van der Waals surface area contributed by atoms with Crippen LogP contribution in [0.1, 0.15) is 23.2 Å². The minimum Gasteiger partial charge on any atom is -0.465 e. The highest BCUT2D eigenvalue weighted by Gasteiger charge is 2.43. The SMILES string of the molecule is CNC(=O)c1cc(-c2nccs2)c2oc(N3CC4CCC(C3)N4C(=O)O)nc2c1. The maximum atomic E-state index is 12.2. The van der Waals surface area contributed by atoms with Gasteiger partial charge in [0.1, 0.15) is 10.5 Å². The molecule has 2 atom stereocenters. The lowest BCUT2D eigenvalue weighted by Crippen LogP contribution is -2.55. The number of thiazole rings is 1. The van der Waals surface area contributed by atoms with E-state index in [0.717, 1.165) is 23.4 Å². The quantitative estimate of drug-likeness (QED) is 0.679. The lowest BCUT2D eigenvalue weighted by atomic mass is 10.1. The fourth-order valence-electron chi connectivity index (χ4n) is 4.32. The molecule has 2 aliphatic heterocycles. The standard InChI is InChI=1S/C19H19N5O4S/c1-20-16(25)10-6-13(17-21-4-5-29-17)15-14(7-10)22-18(28-15)23-8-11-2-3-12(9-23)24(11)19(26)27/h4-7,11-12H,2-3,8-9H2,1H3,(H,20,25)(H,26,27). The zero-order valence-corrected chi connectivity index (χ0v) is 16.5. The average molecular weight is 413 g/mol. The molecule has 2 amide bonds. The van der Waals surface area contributed by atoms with Gasteiger partial charge in [-0.2, -0.15) is 4.98 Å². The molecule has 150 valence electrons. The van der Waals surface area contributed by atoms with Crippen molar-refractivity contribution in [3.63, 3.8) is 0 Å². The molecule has 10 heteroatoms. The number of carbonyl (C=O) groups excluding carboxylic acids is 1. The zero-order chi connectivity index (χ0) is 20.1. The molecule has 4 heterocycles. The third-order valence-corrected chi connectivity index (χ3v) is 6.41. The maximum Gasteiger partial charge on any atom is 0.407 e. The fourth-order valence-corrected chi connectivity index (χ4v) is 4.97. The van der Waals surface area contributed by atoms with Crippen LogP contribution in [-0.4, -0.2) is 64.2 Å². The molecule has 0 spiro atoms. The number of rotatable bonds is 3. The van der Waals surface area contributed by atoms with Crippen LogP contribution in [0.5, 0.6) is 0 Å². The molecule has 1 aromatic carbocycles. The van der Waals surface area contributed by atoms with Crippen LogP contribution in [0.3, 0.4) is 0 Å². The van der Waals surface area contributed by atoms with E-state index in [2.05, 4.69) is 15.3 Å². The van der Waals surface area contributed by atoms with Crippen LogP contribution < -0.4 is 10.2 Å². The van der Waals surface area contributed by atoms with Gasteiger partial charge in [0.15, 0.2) is 5.58 Å². The van der Waals surface area contributed by atoms with Crippen molar-refractivity contribution in [3.8, 4) is 10.6 Å². The number of nitrogens with one attached hydrogen (secondary N) is 1. The van der Waals surface area contributed by atoms with Crippen molar-refractivity contribution in [2.45, 2.75) is 24.9 Å². The van der Waals surface area contributed by atoms with E-state index < -0.39 is 6.09 Å². The first-order chi connectivity index (χ1) is 14.0. The Bertz CT molecular complexity index is 1080. The first-order valence-electron chi connectivity index (χ1n) is 9.38. The second-order valence-corrected chi connectivity index (χ2v) is 8.16. The number of hydrogen-bond donors (Lipinski definition) is 2. The third kappa shape index (κ3) is 2.91. The highest BCUT2D eigenvalue weighted by atomic mass is 32.1. The number of oxazole rings is 1. The first-order valence-corrected chi connectivity index (χ1v) is 10.3. The van der Waals surface area contributed by atoms with Crippen LogP contribution in [0, 0.1) is 0 Å². The van der Waals surface area contributed by atoms with Crippen LogP contribution in [0.4, 0.5) is 10.8 Å². The molecule has 0 saturated carbocycles. The summed E-state index contributed by atoms with van der Waals surface area (Å²) in [6.07, 6.45) is 2.53. The monoisotopic (exact) mass is 413 g/mol. The van der Waals surface area contributed by atoms with E-state index in [4.69, 9.17) is 4.42 Å². The second kappa shape index (κ2) is 6.73. The number of fused-ring (bicyclic) bond motifs is 3. The highest BCUT2D eigenvalue weighted by molar-refractivity contribution is 7.13. The van der Waals surface area contributed by atoms with Gasteiger partial charge in [-0.3, -0.25) is 9.69 Å². The predicted octanol–water partition coefficient (Wildman–Crippen LogP) is 2.64. The maximum absolute atomic E-state index is 12.2. The molecule has 2 fully saturated rings. The molecule has 9 nitrogen and oxygen atoms in total. The Morgan fingerprint density at radius 1 is 1.28 bits per heavy atom. The lowest BCUT2D eigenvalue weighted by Gasteiger charge is -2.38. The highest BCUT2D eigenvalue weighted by Crippen LogP contribution is 2.37. The predicted molar refractivity (Wildman–Crippen MR) is 107 cm³/mol. The normalized spacial score (nSPS) is 21.0. The van der Waals surface area contributed by atoms with Gasteiger partial charge in [0, 0.05) is 37.3 Å². The molecule has 2 aliphatic rings. The summed E-state index contributed by atoms with van der Waals surface area (Å²) < 4.78 is 6.13. The van der Waals surface area contributed by atoms with E-state index in [0.29, 0.717) is 35.8 Å². The summed E-state index contributed by atoms with van der Waals surface area (Å²) >= 11 is 1.46. The molecular formula is C19H19N5O4S. The summed E-state index contributed by atoms with van der Waals surface area (Å²) in [5.74, 6) is -0.206. The molecule has 3 aromatic rings. The number of nitrogens with zero attached hydrogens (tertiary/aromatic N) is 4. The van der Waals surface area contributed by atoms with Gasteiger partial charge in [0.2, 0.25) is 0 Å². The largest absolute Gasteiger partial charge is 0.465 e. The van der Waals surface area contributed by atoms with E-state index in [-0.39, 0.29) is 18.0 Å². The molecule has 5 rings (SSSR count). The lowest BCUT2D eigenvalue weighted by molar-refractivity contribution is 0.0963. The van der Waals surface area contributed by atoms with Crippen molar-refractivity contribution in [1.29, 1.82) is 0 Å². The molecule has 0 radical (unpaired) electrons. The van der Waals surface area contributed by atoms with Crippen molar-refractivity contribution < 1.29 is 19.1 Å². The number of aromatic nitrogens is 2. The van der Waals surface area contributed by atoms with Crippen molar-refractivity contribution in [1.82, 2.24) is 20.2 Å². The zero-order valence-electron chi connectivity index (χ0n) is 15.7. The molecule has 2 bridgehead atoms. The fraction of sp³-hybridized carbons (Fsp3) is 0.368. The van der Waals surface area contributed by atoms with Gasteiger partial charge in [0.05, 0.1) is 17.6 Å². The van der Waals surface area contributed by atoms with Gasteiger partial charge in [-0.25, -0.2) is 9.78 Å². The summed E-state index contributed by atoms with van der Waals surface area (Å²) in [4.78, 5) is 36.3. The Balaban J connectivity index is 1.56. The molecule has 2 N–H and O–H groups in total. The smallest absolute Gasteiger partial charge is 0.407 e. The Hall–Kier alpha value is -3.14. The number of carbonyl (C=O) groups is 2. The van der Waals surface area contributed by atoms with E-state index in [9.17, 15) is 14.7 Å². The van der Waals surface area contributed by atoms with Crippen LogP contribution in [0.2, 0.25) is 0 Å².